The Labute approximate surface area is 231 Å². The molecule has 0 spiro atoms. The number of carbonyl (C=O) groups is 2. The van der Waals surface area contributed by atoms with Gasteiger partial charge in [-0.25, -0.2) is 4.39 Å². The summed E-state index contributed by atoms with van der Waals surface area (Å²) >= 11 is 0. The summed E-state index contributed by atoms with van der Waals surface area (Å²) in [6.45, 7) is 2.58. The summed E-state index contributed by atoms with van der Waals surface area (Å²) < 4.78 is 61.8. The van der Waals surface area contributed by atoms with E-state index >= 15 is 0 Å². The van der Waals surface area contributed by atoms with Gasteiger partial charge in [-0.3, -0.25) is 33.7 Å². The number of anilines is 2. The van der Waals surface area contributed by atoms with Crippen LogP contribution in [-0.4, -0.2) is 83.8 Å². The lowest BCUT2D eigenvalue weighted by atomic mass is 10.1. The molecule has 11 nitrogen and oxygen atoms in total. The summed E-state index contributed by atoms with van der Waals surface area (Å²) in [5.74, 6) is -1.58. The number of carbonyl (C=O) groups excluding carboxylic acids is 2. The number of nitrogens with zero attached hydrogens (tertiary/aromatic N) is 6. The zero-order chi connectivity index (χ0) is 29.1. The molecule has 2 aromatic rings. The molecule has 1 aromatic carbocycles. The molecule has 5 heterocycles. The maximum Gasteiger partial charge on any atom is 0.409 e. The SMILES string of the molecule is O=C(c1ccccc1F)N1c2nc(N3CCOCC3)cc(=O)n2CC[C@H]1C(F)(F)F.O=C1CCN=C2NC=CCN12. The van der Waals surface area contributed by atoms with Gasteiger partial charge >= 0.3 is 6.18 Å². The molecule has 0 saturated carbocycles. The first kappa shape index (κ1) is 28.3. The van der Waals surface area contributed by atoms with Crippen molar-refractivity contribution in [3.8, 4) is 0 Å². The number of fused-ring (bicyclic) bond motifs is 2. The minimum absolute atomic E-state index is 0.156. The molecule has 41 heavy (non-hydrogen) atoms. The second-order valence-electron chi connectivity index (χ2n) is 9.51. The van der Waals surface area contributed by atoms with Crippen LogP contribution in [0.25, 0.3) is 0 Å². The van der Waals surface area contributed by atoms with Crippen LogP contribution in [0, 0.1) is 5.82 Å². The molecule has 6 rings (SSSR count). The van der Waals surface area contributed by atoms with E-state index in [2.05, 4.69) is 15.3 Å². The Morgan fingerprint density at radius 1 is 1.10 bits per heavy atom. The number of morpholine rings is 1. The second-order valence-corrected chi connectivity index (χ2v) is 9.51. The van der Waals surface area contributed by atoms with Crippen molar-refractivity contribution in [3.05, 3.63) is 64.3 Å². The van der Waals surface area contributed by atoms with Crippen molar-refractivity contribution < 1.29 is 31.9 Å². The van der Waals surface area contributed by atoms with Gasteiger partial charge in [-0.1, -0.05) is 12.1 Å². The zero-order valence-electron chi connectivity index (χ0n) is 21.8. The third-order valence-electron chi connectivity index (χ3n) is 6.93. The number of rotatable bonds is 2. The highest BCUT2D eigenvalue weighted by molar-refractivity contribution is 6.06. The molecule has 4 aliphatic heterocycles. The predicted molar refractivity (Wildman–Crippen MR) is 140 cm³/mol. The van der Waals surface area contributed by atoms with Gasteiger partial charge in [0.25, 0.3) is 11.5 Å². The first-order valence-electron chi connectivity index (χ1n) is 13.0. The maximum atomic E-state index is 14.2. The summed E-state index contributed by atoms with van der Waals surface area (Å²) in [5.41, 5.74) is -1.10. The Morgan fingerprint density at radius 3 is 2.56 bits per heavy atom. The lowest BCUT2D eigenvalue weighted by molar-refractivity contribution is -0.151. The zero-order valence-corrected chi connectivity index (χ0v) is 21.8. The molecule has 4 aliphatic rings. The van der Waals surface area contributed by atoms with Crippen molar-refractivity contribution in [2.45, 2.75) is 31.6 Å². The number of hydrogen-bond acceptors (Lipinski definition) is 8. The van der Waals surface area contributed by atoms with Crippen LogP contribution in [0.2, 0.25) is 0 Å². The summed E-state index contributed by atoms with van der Waals surface area (Å²) in [6, 6.07) is 3.79. The number of ether oxygens (including phenoxy) is 1. The highest BCUT2D eigenvalue weighted by Crippen LogP contribution is 2.35. The van der Waals surface area contributed by atoms with Gasteiger partial charge in [0.15, 0.2) is 0 Å². The fourth-order valence-electron chi connectivity index (χ4n) is 4.86. The number of alkyl halides is 3. The monoisotopic (exact) mass is 577 g/mol. The van der Waals surface area contributed by atoms with E-state index in [4.69, 9.17) is 4.74 Å². The van der Waals surface area contributed by atoms with Crippen molar-refractivity contribution in [1.29, 1.82) is 0 Å². The van der Waals surface area contributed by atoms with E-state index in [1.807, 2.05) is 12.3 Å². The summed E-state index contributed by atoms with van der Waals surface area (Å²) in [7, 11) is 0. The van der Waals surface area contributed by atoms with E-state index in [0.29, 0.717) is 56.7 Å². The number of halogens is 4. The average molecular weight is 578 g/mol. The molecule has 0 radical (unpaired) electrons. The number of guanidine groups is 1. The third-order valence-corrected chi connectivity index (χ3v) is 6.93. The molecule has 218 valence electrons. The second kappa shape index (κ2) is 11.7. The predicted octanol–water partition coefficient (Wildman–Crippen LogP) is 1.89. The van der Waals surface area contributed by atoms with E-state index in [0.717, 1.165) is 16.7 Å². The summed E-state index contributed by atoms with van der Waals surface area (Å²) in [4.78, 5) is 49.0. The van der Waals surface area contributed by atoms with E-state index in [1.54, 1.807) is 9.80 Å². The number of aliphatic imine (C=N–C) groups is 1. The average Bonchev–Trinajstić information content (AvgIpc) is 2.97. The standard InChI is InChI=1S/C19H18F4N4O3.C7H9N3O/c20-13-4-2-1-3-12(13)17(29)27-14(19(21,22)23)5-6-26-16(28)11-15(24-18(26)27)25-7-9-30-10-8-25;11-6-2-4-9-7-8-3-1-5-10(6)7/h1-4,11,14H,5-10H2;1,3H,2,4-5H2,(H,8,9)/t14-;/m0./s1. The fourth-order valence-corrected chi connectivity index (χ4v) is 4.86. The first-order valence-corrected chi connectivity index (χ1v) is 13.0. The van der Waals surface area contributed by atoms with Gasteiger partial charge in [-0.05, 0) is 24.6 Å². The van der Waals surface area contributed by atoms with Crippen LogP contribution in [0.3, 0.4) is 0 Å². The highest BCUT2D eigenvalue weighted by atomic mass is 19.4. The van der Waals surface area contributed by atoms with Gasteiger partial charge in [0.2, 0.25) is 17.8 Å². The van der Waals surface area contributed by atoms with Gasteiger partial charge in [-0.15, -0.1) is 0 Å². The molecule has 0 bridgehead atoms. The number of nitrogens with one attached hydrogen (secondary N) is 1. The molecule has 0 aliphatic carbocycles. The first-order chi connectivity index (χ1) is 19.6. The smallest absolute Gasteiger partial charge is 0.378 e. The Bertz CT molecular complexity index is 1440. The molecule has 1 atom stereocenters. The number of hydrogen-bond donors (Lipinski definition) is 1. The van der Waals surface area contributed by atoms with Crippen LogP contribution in [0.5, 0.6) is 0 Å². The van der Waals surface area contributed by atoms with Crippen LogP contribution < -0.4 is 20.7 Å². The molecule has 1 fully saturated rings. The van der Waals surface area contributed by atoms with Crippen molar-refractivity contribution in [1.82, 2.24) is 19.8 Å². The van der Waals surface area contributed by atoms with Gasteiger partial charge in [0.05, 0.1) is 25.3 Å². The van der Waals surface area contributed by atoms with Crippen LogP contribution in [0.4, 0.5) is 29.3 Å². The maximum absolute atomic E-state index is 14.2. The fraction of sp³-hybridized carbons (Fsp3) is 0.423. The van der Waals surface area contributed by atoms with Crippen LogP contribution >= 0.6 is 0 Å². The van der Waals surface area contributed by atoms with Gasteiger partial charge < -0.3 is 15.0 Å². The van der Waals surface area contributed by atoms with E-state index in [-0.39, 0.29) is 18.3 Å². The van der Waals surface area contributed by atoms with Crippen molar-refractivity contribution in [2.75, 3.05) is 49.2 Å². The molecule has 1 saturated heterocycles. The molecule has 1 aromatic heterocycles. The third kappa shape index (κ3) is 5.94. The van der Waals surface area contributed by atoms with Crippen molar-refractivity contribution in [3.63, 3.8) is 0 Å². The van der Waals surface area contributed by atoms with Gasteiger partial charge in [0.1, 0.15) is 17.7 Å². The van der Waals surface area contributed by atoms with Crippen LogP contribution in [0.15, 0.2) is 52.4 Å². The highest BCUT2D eigenvalue weighted by Gasteiger charge is 2.50. The molecule has 1 N–H and O–H groups in total. The Hall–Kier alpha value is -4.27. The minimum atomic E-state index is -4.78. The minimum Gasteiger partial charge on any atom is -0.378 e. The van der Waals surface area contributed by atoms with Gasteiger partial charge in [0, 0.05) is 44.9 Å². The van der Waals surface area contributed by atoms with Gasteiger partial charge in [-0.2, -0.15) is 18.2 Å². The van der Waals surface area contributed by atoms with Crippen LogP contribution in [0.1, 0.15) is 23.2 Å². The number of aromatic nitrogens is 2. The Balaban J connectivity index is 0.000000255. The lowest BCUT2D eigenvalue weighted by Gasteiger charge is -2.38. The van der Waals surface area contributed by atoms with Crippen LogP contribution in [-0.2, 0) is 16.1 Å². The Morgan fingerprint density at radius 2 is 1.85 bits per heavy atom. The largest absolute Gasteiger partial charge is 0.409 e. The molecular weight excluding hydrogens is 550 g/mol. The molecule has 2 amide bonds. The molecular formula is C26H27F4N7O4. The quantitative estimate of drug-likeness (QED) is 0.543. The number of amides is 2. The topological polar surface area (TPSA) is 112 Å². The summed E-state index contributed by atoms with van der Waals surface area (Å²) in [5, 5.41) is 2.93. The normalized spacial score (nSPS) is 20.3. The number of benzene rings is 1. The Kier molecular flexibility index (Phi) is 8.06. The van der Waals surface area contributed by atoms with E-state index < -0.39 is 47.4 Å². The molecule has 15 heteroatoms. The lowest BCUT2D eigenvalue weighted by Crippen LogP contribution is -2.55. The molecule has 0 unspecified atom stereocenters. The van der Waals surface area contributed by atoms with Crippen molar-refractivity contribution >= 4 is 29.5 Å². The summed E-state index contributed by atoms with van der Waals surface area (Å²) in [6.07, 6.45) is -1.05. The van der Waals surface area contributed by atoms with Crippen molar-refractivity contribution in [2.24, 2.45) is 4.99 Å². The van der Waals surface area contributed by atoms with E-state index in [9.17, 15) is 31.9 Å². The van der Waals surface area contributed by atoms with E-state index in [1.165, 1.54) is 18.2 Å².